The molecule has 0 atom stereocenters. The Morgan fingerprint density at radius 1 is 1.17 bits per heavy atom. The molecule has 1 aliphatic carbocycles. The lowest BCUT2D eigenvalue weighted by atomic mass is 9.90. The van der Waals surface area contributed by atoms with Crippen molar-refractivity contribution in [1.82, 2.24) is 15.5 Å². The molecule has 0 fully saturated rings. The number of fused-ring (bicyclic) bond motifs is 1. The van der Waals surface area contributed by atoms with Crippen molar-refractivity contribution in [2.45, 2.75) is 58.5 Å². The molecule has 2 aromatic rings. The number of aromatic amines is 1. The summed E-state index contributed by atoms with van der Waals surface area (Å²) in [5.74, 6) is 0. The number of hydrogen-bond acceptors (Lipinski definition) is 3. The van der Waals surface area contributed by atoms with Gasteiger partial charge in [0.2, 0.25) is 0 Å². The lowest BCUT2D eigenvalue weighted by Gasteiger charge is -2.17. The van der Waals surface area contributed by atoms with Crippen molar-refractivity contribution < 1.29 is 0 Å². The minimum absolute atomic E-state index is 0.00154. The summed E-state index contributed by atoms with van der Waals surface area (Å²) in [6.45, 7) is 5.18. The summed E-state index contributed by atoms with van der Waals surface area (Å²) in [5.41, 5.74) is 5.71. The van der Waals surface area contributed by atoms with Gasteiger partial charge in [0.25, 0.3) is 5.56 Å². The van der Waals surface area contributed by atoms with Gasteiger partial charge in [-0.1, -0.05) is 38.1 Å². The topological polar surface area (TPSA) is 57.8 Å². The summed E-state index contributed by atoms with van der Waals surface area (Å²) in [5, 5.41) is 10.5. The van der Waals surface area contributed by atoms with Gasteiger partial charge in [0, 0.05) is 24.6 Å². The third-order valence-electron chi connectivity index (χ3n) is 4.46. The van der Waals surface area contributed by atoms with E-state index >= 15 is 0 Å². The van der Waals surface area contributed by atoms with E-state index in [0.29, 0.717) is 6.04 Å². The second-order valence-electron chi connectivity index (χ2n) is 6.70. The Bertz CT molecular complexity index is 734. The van der Waals surface area contributed by atoms with Crippen LogP contribution in [0.5, 0.6) is 0 Å². The molecule has 0 aliphatic heterocycles. The van der Waals surface area contributed by atoms with Crippen LogP contribution in [0.15, 0.2) is 29.1 Å². The van der Waals surface area contributed by atoms with Crippen molar-refractivity contribution in [3.05, 3.63) is 62.6 Å². The van der Waals surface area contributed by atoms with Crippen molar-refractivity contribution in [1.29, 1.82) is 0 Å². The molecule has 0 amide bonds. The Kier molecular flexibility index (Phi) is 4.91. The minimum atomic E-state index is -0.00154. The largest absolute Gasteiger partial charge is 0.310 e. The highest BCUT2D eigenvalue weighted by atomic mass is 16.1. The maximum atomic E-state index is 11.9. The Labute approximate surface area is 137 Å². The predicted molar refractivity (Wildman–Crippen MR) is 92.7 cm³/mol. The number of benzene rings is 1. The fraction of sp³-hybridized carbons (Fsp3) is 0.474. The fourth-order valence-electron chi connectivity index (χ4n) is 3.24. The molecule has 2 N–H and O–H groups in total. The summed E-state index contributed by atoms with van der Waals surface area (Å²) in [4.78, 5) is 11.9. The molecule has 1 heterocycles. The van der Waals surface area contributed by atoms with Crippen LogP contribution in [0, 0.1) is 0 Å². The maximum absolute atomic E-state index is 11.9. The summed E-state index contributed by atoms with van der Waals surface area (Å²) >= 11 is 0. The zero-order valence-electron chi connectivity index (χ0n) is 14.0. The van der Waals surface area contributed by atoms with Crippen LogP contribution >= 0.6 is 0 Å². The predicted octanol–water partition coefficient (Wildman–Crippen LogP) is 2.74. The highest BCUT2D eigenvalue weighted by Crippen LogP contribution is 2.22. The van der Waals surface area contributed by atoms with Gasteiger partial charge in [0.1, 0.15) is 0 Å². The van der Waals surface area contributed by atoms with Crippen LogP contribution in [0.25, 0.3) is 0 Å². The van der Waals surface area contributed by atoms with Crippen LogP contribution in [0.1, 0.15) is 54.6 Å². The van der Waals surface area contributed by atoms with Crippen molar-refractivity contribution in [3.63, 3.8) is 0 Å². The molecule has 4 nitrogen and oxygen atoms in total. The Morgan fingerprint density at radius 2 is 1.91 bits per heavy atom. The Balaban J connectivity index is 1.82. The van der Waals surface area contributed by atoms with Gasteiger partial charge in [-0.2, -0.15) is 5.10 Å². The van der Waals surface area contributed by atoms with Crippen molar-refractivity contribution in [3.8, 4) is 0 Å². The molecule has 1 aromatic heterocycles. The first kappa shape index (κ1) is 15.9. The number of H-pyrrole nitrogens is 1. The monoisotopic (exact) mass is 311 g/mol. The van der Waals surface area contributed by atoms with Gasteiger partial charge >= 0.3 is 0 Å². The molecule has 0 saturated heterocycles. The van der Waals surface area contributed by atoms with Gasteiger partial charge in [-0.05, 0) is 42.4 Å². The molecule has 0 radical (unpaired) electrons. The van der Waals surface area contributed by atoms with E-state index in [1.807, 2.05) is 0 Å². The highest BCUT2D eigenvalue weighted by Gasteiger charge is 2.17. The Hall–Kier alpha value is -1.94. The van der Waals surface area contributed by atoms with Crippen LogP contribution in [-0.4, -0.2) is 16.2 Å². The van der Waals surface area contributed by atoms with Gasteiger partial charge in [0.05, 0.1) is 5.69 Å². The standard InChI is InChI=1S/C19H25N3O/c1-13(2)20-12-15-7-5-6-14(10-15)11-18-16-8-3-4-9-17(16)19(23)22-21-18/h5-7,10,13,20H,3-4,8-9,11-12H2,1-2H3,(H,22,23). The van der Waals surface area contributed by atoms with E-state index in [-0.39, 0.29) is 5.56 Å². The summed E-state index contributed by atoms with van der Waals surface area (Å²) < 4.78 is 0. The van der Waals surface area contributed by atoms with E-state index in [1.54, 1.807) is 0 Å². The Morgan fingerprint density at radius 3 is 2.70 bits per heavy atom. The summed E-state index contributed by atoms with van der Waals surface area (Å²) in [6.07, 6.45) is 4.92. The van der Waals surface area contributed by atoms with E-state index in [4.69, 9.17) is 0 Å². The van der Waals surface area contributed by atoms with Crippen molar-refractivity contribution in [2.24, 2.45) is 0 Å². The molecule has 1 aromatic carbocycles. The average Bonchev–Trinajstić information content (AvgIpc) is 2.56. The number of aromatic nitrogens is 2. The van der Waals surface area contributed by atoms with E-state index in [1.165, 1.54) is 16.7 Å². The van der Waals surface area contributed by atoms with Gasteiger partial charge in [-0.25, -0.2) is 5.10 Å². The van der Waals surface area contributed by atoms with Gasteiger partial charge < -0.3 is 5.32 Å². The molecule has 0 saturated carbocycles. The number of rotatable bonds is 5. The van der Waals surface area contributed by atoms with Crippen molar-refractivity contribution in [2.75, 3.05) is 0 Å². The molecule has 0 spiro atoms. The smallest absolute Gasteiger partial charge is 0.267 e. The SMILES string of the molecule is CC(C)NCc1cccc(Cc2n[nH]c(=O)c3c2CCCC3)c1. The van der Waals surface area contributed by atoms with Gasteiger partial charge in [0.15, 0.2) is 0 Å². The molecular weight excluding hydrogens is 286 g/mol. The molecule has 122 valence electrons. The van der Waals surface area contributed by atoms with E-state index in [0.717, 1.165) is 49.9 Å². The molecule has 1 aliphatic rings. The highest BCUT2D eigenvalue weighted by molar-refractivity contribution is 5.35. The molecular formula is C19H25N3O. The average molecular weight is 311 g/mol. The molecule has 23 heavy (non-hydrogen) atoms. The second-order valence-corrected chi connectivity index (χ2v) is 6.70. The molecule has 0 unspecified atom stereocenters. The number of hydrogen-bond donors (Lipinski definition) is 2. The lowest BCUT2D eigenvalue weighted by Crippen LogP contribution is -2.23. The zero-order chi connectivity index (χ0) is 16.2. The van der Waals surface area contributed by atoms with Crippen LogP contribution in [0.3, 0.4) is 0 Å². The van der Waals surface area contributed by atoms with E-state index in [2.05, 4.69) is 53.6 Å². The third-order valence-corrected chi connectivity index (χ3v) is 4.46. The summed E-state index contributed by atoms with van der Waals surface area (Å²) in [6, 6.07) is 9.10. The maximum Gasteiger partial charge on any atom is 0.267 e. The quantitative estimate of drug-likeness (QED) is 0.892. The lowest BCUT2D eigenvalue weighted by molar-refractivity contribution is 0.588. The van der Waals surface area contributed by atoms with E-state index < -0.39 is 0 Å². The minimum Gasteiger partial charge on any atom is -0.310 e. The molecule has 3 rings (SSSR count). The van der Waals surface area contributed by atoms with Crippen LogP contribution in [0.2, 0.25) is 0 Å². The zero-order valence-corrected chi connectivity index (χ0v) is 14.0. The van der Waals surface area contributed by atoms with Gasteiger partial charge in [-0.3, -0.25) is 4.79 Å². The van der Waals surface area contributed by atoms with Crippen molar-refractivity contribution >= 4 is 0 Å². The first-order valence-electron chi connectivity index (χ1n) is 8.54. The second kappa shape index (κ2) is 7.09. The van der Waals surface area contributed by atoms with Crippen LogP contribution < -0.4 is 10.9 Å². The number of nitrogens with one attached hydrogen (secondary N) is 2. The first-order valence-corrected chi connectivity index (χ1v) is 8.54. The molecule has 0 bridgehead atoms. The van der Waals surface area contributed by atoms with Crippen LogP contribution in [0.4, 0.5) is 0 Å². The first-order chi connectivity index (χ1) is 11.1. The van der Waals surface area contributed by atoms with Gasteiger partial charge in [-0.15, -0.1) is 0 Å². The third kappa shape index (κ3) is 3.88. The molecule has 4 heteroatoms. The summed E-state index contributed by atoms with van der Waals surface area (Å²) in [7, 11) is 0. The van der Waals surface area contributed by atoms with Crippen LogP contribution in [-0.2, 0) is 25.8 Å². The van der Waals surface area contributed by atoms with E-state index in [9.17, 15) is 4.79 Å². The normalized spacial score (nSPS) is 14.0. The number of nitrogens with zero attached hydrogens (tertiary/aromatic N) is 1. The fourth-order valence-corrected chi connectivity index (χ4v) is 3.24.